The van der Waals surface area contributed by atoms with E-state index < -0.39 is 32.4 Å². The average molecular weight is 312 g/mol. The maximum absolute atomic E-state index is 14.2. The van der Waals surface area contributed by atoms with E-state index in [0.717, 1.165) is 0 Å². The van der Waals surface area contributed by atoms with Crippen LogP contribution in [0.15, 0.2) is 29.3 Å². The standard InChI is InChI=1S/C14H17FN2O3S/c1-14(9-4-2-3-5-11(9)15)10-6-20-7-12(10)21(18,19)8-13(16)17-14/h2-5,10,12H,6-8H2,1H3,(H2,16,17)/t10-,12+,14-/m1/s1. The molecule has 1 saturated heterocycles. The van der Waals surface area contributed by atoms with Crippen LogP contribution in [0.1, 0.15) is 12.5 Å². The van der Waals surface area contributed by atoms with Crippen LogP contribution in [0, 0.1) is 11.7 Å². The van der Waals surface area contributed by atoms with Gasteiger partial charge in [0, 0.05) is 11.5 Å². The monoisotopic (exact) mass is 312 g/mol. The van der Waals surface area contributed by atoms with Crippen molar-refractivity contribution in [3.8, 4) is 0 Å². The fourth-order valence-corrected chi connectivity index (χ4v) is 5.11. The lowest BCUT2D eigenvalue weighted by Gasteiger charge is -2.33. The second kappa shape index (κ2) is 4.78. The zero-order valence-corrected chi connectivity index (χ0v) is 12.4. The summed E-state index contributed by atoms with van der Waals surface area (Å²) in [5.74, 6) is -1.14. The van der Waals surface area contributed by atoms with Gasteiger partial charge in [-0.25, -0.2) is 12.8 Å². The Morgan fingerprint density at radius 2 is 2.10 bits per heavy atom. The van der Waals surface area contributed by atoms with E-state index >= 15 is 0 Å². The van der Waals surface area contributed by atoms with E-state index in [1.165, 1.54) is 6.07 Å². The van der Waals surface area contributed by atoms with Crippen LogP contribution in [0.4, 0.5) is 4.39 Å². The Balaban J connectivity index is 2.21. The van der Waals surface area contributed by atoms with E-state index in [0.29, 0.717) is 5.56 Å². The van der Waals surface area contributed by atoms with Gasteiger partial charge in [0.25, 0.3) is 0 Å². The molecule has 1 aromatic carbocycles. The molecule has 0 amide bonds. The molecule has 3 rings (SSSR count). The zero-order chi connectivity index (χ0) is 15.3. The number of halogens is 1. The molecule has 114 valence electrons. The van der Waals surface area contributed by atoms with Crippen LogP contribution in [0.2, 0.25) is 0 Å². The lowest BCUT2D eigenvalue weighted by atomic mass is 9.79. The summed E-state index contributed by atoms with van der Waals surface area (Å²) in [6, 6.07) is 6.26. The molecule has 0 aliphatic carbocycles. The fourth-order valence-electron chi connectivity index (χ4n) is 3.27. The van der Waals surface area contributed by atoms with E-state index in [1.54, 1.807) is 25.1 Å². The minimum atomic E-state index is -3.44. The smallest absolute Gasteiger partial charge is 0.163 e. The lowest BCUT2D eigenvalue weighted by Crippen LogP contribution is -2.40. The second-order valence-corrected chi connectivity index (χ2v) is 7.94. The molecule has 7 heteroatoms. The highest BCUT2D eigenvalue weighted by molar-refractivity contribution is 7.92. The highest BCUT2D eigenvalue weighted by atomic mass is 32.2. The van der Waals surface area contributed by atoms with Crippen molar-refractivity contribution < 1.29 is 17.5 Å². The van der Waals surface area contributed by atoms with Gasteiger partial charge in [-0.15, -0.1) is 0 Å². The van der Waals surface area contributed by atoms with Crippen molar-refractivity contribution in [3.05, 3.63) is 35.6 Å². The van der Waals surface area contributed by atoms with Crippen molar-refractivity contribution in [2.45, 2.75) is 17.7 Å². The molecule has 2 heterocycles. The topological polar surface area (TPSA) is 81.8 Å². The van der Waals surface area contributed by atoms with E-state index in [2.05, 4.69) is 4.99 Å². The summed E-state index contributed by atoms with van der Waals surface area (Å²) < 4.78 is 44.3. The quantitative estimate of drug-likeness (QED) is 0.833. The first-order valence-corrected chi connectivity index (χ1v) is 8.44. The minimum absolute atomic E-state index is 0.0233. The molecule has 0 bridgehead atoms. The fraction of sp³-hybridized carbons (Fsp3) is 0.500. The molecular formula is C14H17FN2O3S. The molecule has 3 atom stereocenters. The Morgan fingerprint density at radius 1 is 1.38 bits per heavy atom. The summed E-state index contributed by atoms with van der Waals surface area (Å²) in [6.07, 6.45) is 0. The normalized spacial score (nSPS) is 34.9. The summed E-state index contributed by atoms with van der Waals surface area (Å²) in [7, 11) is -3.44. The van der Waals surface area contributed by atoms with Crippen LogP contribution in [0.25, 0.3) is 0 Å². The van der Waals surface area contributed by atoms with Gasteiger partial charge in [0.05, 0.1) is 24.0 Å². The molecule has 5 nitrogen and oxygen atoms in total. The van der Waals surface area contributed by atoms with Crippen molar-refractivity contribution in [1.82, 2.24) is 0 Å². The second-order valence-electron chi connectivity index (χ2n) is 5.72. The predicted molar refractivity (Wildman–Crippen MR) is 77.3 cm³/mol. The lowest BCUT2D eigenvalue weighted by molar-refractivity contribution is 0.166. The van der Waals surface area contributed by atoms with Gasteiger partial charge < -0.3 is 10.5 Å². The van der Waals surface area contributed by atoms with Crippen molar-refractivity contribution in [2.24, 2.45) is 16.6 Å². The summed E-state index contributed by atoms with van der Waals surface area (Å²) in [5, 5.41) is -0.702. The van der Waals surface area contributed by atoms with Gasteiger partial charge in [-0.1, -0.05) is 18.2 Å². The molecule has 2 N–H and O–H groups in total. The SMILES string of the molecule is C[C@]1(c2ccccc2F)N=C(N)CS(=O)(=O)[C@H]2COC[C@H]21. The molecule has 1 fully saturated rings. The molecule has 1 aromatic rings. The number of aliphatic imine (C=N–C) groups is 1. The number of sulfone groups is 1. The van der Waals surface area contributed by atoms with E-state index in [9.17, 15) is 12.8 Å². The molecule has 0 unspecified atom stereocenters. The maximum Gasteiger partial charge on any atom is 0.163 e. The van der Waals surface area contributed by atoms with Gasteiger partial charge in [-0.3, -0.25) is 4.99 Å². The van der Waals surface area contributed by atoms with Crippen LogP contribution >= 0.6 is 0 Å². The zero-order valence-electron chi connectivity index (χ0n) is 11.6. The minimum Gasteiger partial charge on any atom is -0.387 e. The van der Waals surface area contributed by atoms with Crippen molar-refractivity contribution in [1.29, 1.82) is 0 Å². The van der Waals surface area contributed by atoms with Gasteiger partial charge in [0.1, 0.15) is 17.4 Å². The summed E-state index contributed by atoms with van der Waals surface area (Å²) in [6.45, 7) is 2.07. The van der Waals surface area contributed by atoms with E-state index in [-0.39, 0.29) is 24.8 Å². The summed E-state index contributed by atoms with van der Waals surface area (Å²) >= 11 is 0. The number of amidine groups is 1. The first-order chi connectivity index (χ1) is 9.84. The van der Waals surface area contributed by atoms with Gasteiger partial charge in [0.2, 0.25) is 0 Å². The highest BCUT2D eigenvalue weighted by Gasteiger charge is 2.52. The Labute approximate surface area is 122 Å². The number of nitrogens with two attached hydrogens (primary N) is 1. The van der Waals surface area contributed by atoms with Gasteiger partial charge in [-0.05, 0) is 13.0 Å². The van der Waals surface area contributed by atoms with Crippen molar-refractivity contribution in [3.63, 3.8) is 0 Å². The number of benzene rings is 1. The van der Waals surface area contributed by atoms with Crippen molar-refractivity contribution in [2.75, 3.05) is 19.0 Å². The summed E-state index contributed by atoms with van der Waals surface area (Å²) in [5.41, 5.74) is 5.10. The molecule has 2 aliphatic rings. The maximum atomic E-state index is 14.2. The average Bonchev–Trinajstić information content (AvgIpc) is 2.86. The third kappa shape index (κ3) is 2.24. The van der Waals surface area contributed by atoms with Gasteiger partial charge in [-0.2, -0.15) is 0 Å². The Morgan fingerprint density at radius 3 is 2.81 bits per heavy atom. The number of fused-ring (bicyclic) bond motifs is 1. The Bertz CT molecular complexity index is 704. The molecule has 0 saturated carbocycles. The Kier molecular flexibility index (Phi) is 3.29. The van der Waals surface area contributed by atoms with Crippen LogP contribution in [0.3, 0.4) is 0 Å². The van der Waals surface area contributed by atoms with E-state index in [1.807, 2.05) is 0 Å². The van der Waals surface area contributed by atoms with Crippen LogP contribution in [0.5, 0.6) is 0 Å². The molecule has 2 aliphatic heterocycles. The number of hydrogen-bond acceptors (Lipinski definition) is 5. The molecule has 0 spiro atoms. The molecule has 21 heavy (non-hydrogen) atoms. The first-order valence-electron chi connectivity index (χ1n) is 6.73. The van der Waals surface area contributed by atoms with Gasteiger partial charge in [0.15, 0.2) is 9.84 Å². The van der Waals surface area contributed by atoms with E-state index in [4.69, 9.17) is 10.5 Å². The summed E-state index contributed by atoms with van der Waals surface area (Å²) in [4.78, 5) is 4.37. The van der Waals surface area contributed by atoms with Gasteiger partial charge >= 0.3 is 0 Å². The molecular weight excluding hydrogens is 295 g/mol. The third-order valence-electron chi connectivity index (χ3n) is 4.36. The third-order valence-corrected chi connectivity index (χ3v) is 6.44. The number of ether oxygens (including phenoxy) is 1. The van der Waals surface area contributed by atoms with Crippen LogP contribution in [-0.4, -0.2) is 38.5 Å². The molecule has 0 radical (unpaired) electrons. The Hall–Kier alpha value is -1.47. The number of hydrogen-bond donors (Lipinski definition) is 1. The molecule has 0 aromatic heterocycles. The van der Waals surface area contributed by atoms with Crippen LogP contribution in [-0.2, 0) is 20.1 Å². The number of nitrogens with zero attached hydrogens (tertiary/aromatic N) is 1. The van der Waals surface area contributed by atoms with Crippen molar-refractivity contribution >= 4 is 15.7 Å². The highest BCUT2D eigenvalue weighted by Crippen LogP contribution is 2.43. The largest absolute Gasteiger partial charge is 0.387 e. The first kappa shape index (κ1) is 14.5. The number of rotatable bonds is 1. The van der Waals surface area contributed by atoms with Crippen LogP contribution < -0.4 is 5.73 Å². The predicted octanol–water partition coefficient (Wildman–Crippen LogP) is 0.842.